The van der Waals surface area contributed by atoms with Crippen molar-refractivity contribution >= 4 is 5.97 Å². The van der Waals surface area contributed by atoms with Crippen LogP contribution in [0.15, 0.2) is 12.2 Å². The molecule has 0 atom stereocenters. The summed E-state index contributed by atoms with van der Waals surface area (Å²) >= 11 is 0. The number of nitrogens with zero attached hydrogens (tertiary/aromatic N) is 1. The van der Waals surface area contributed by atoms with Crippen LogP contribution in [0.25, 0.3) is 0 Å². The van der Waals surface area contributed by atoms with Gasteiger partial charge in [-0.3, -0.25) is 4.90 Å². The maximum absolute atomic E-state index is 11.1. The van der Waals surface area contributed by atoms with Gasteiger partial charge in [0.1, 0.15) is 6.61 Å². The molecule has 0 unspecified atom stereocenters. The molecule has 0 radical (unpaired) electrons. The number of carbonyl (C=O) groups excluding carboxylic acids is 1. The molecule has 0 N–H and O–H groups in total. The molecule has 0 fully saturated rings. The highest BCUT2D eigenvalue weighted by molar-refractivity contribution is 5.86. The number of ether oxygens (including phenoxy) is 1. The van der Waals surface area contributed by atoms with Gasteiger partial charge in [0.15, 0.2) is 0 Å². The van der Waals surface area contributed by atoms with Crippen molar-refractivity contribution in [1.29, 1.82) is 0 Å². The lowest BCUT2D eigenvalue weighted by molar-refractivity contribution is -0.139. The maximum atomic E-state index is 11.1. The molecule has 0 saturated carbocycles. The Balaban J connectivity index is 3.69. The molecule has 88 valence electrons. The van der Waals surface area contributed by atoms with Gasteiger partial charge in [0.2, 0.25) is 0 Å². The topological polar surface area (TPSA) is 29.5 Å². The Kier molecular flexibility index (Phi) is 8.01. The van der Waals surface area contributed by atoms with Crippen molar-refractivity contribution in [3.63, 3.8) is 0 Å². The van der Waals surface area contributed by atoms with Crippen LogP contribution in [0.5, 0.6) is 0 Å². The Bertz CT molecular complexity index is 196. The number of esters is 1. The van der Waals surface area contributed by atoms with Gasteiger partial charge in [-0.2, -0.15) is 0 Å². The van der Waals surface area contributed by atoms with Crippen LogP contribution < -0.4 is 0 Å². The van der Waals surface area contributed by atoms with Crippen LogP contribution in [0.3, 0.4) is 0 Å². The Morgan fingerprint density at radius 3 is 2.13 bits per heavy atom. The van der Waals surface area contributed by atoms with Crippen molar-refractivity contribution in [2.45, 2.75) is 33.6 Å². The SMILES string of the molecule is C=C(C)C(=O)OCCN(CCC)CCC. The van der Waals surface area contributed by atoms with E-state index < -0.39 is 0 Å². The highest BCUT2D eigenvalue weighted by atomic mass is 16.5. The molecule has 15 heavy (non-hydrogen) atoms. The lowest BCUT2D eigenvalue weighted by Gasteiger charge is -2.20. The Morgan fingerprint density at radius 1 is 1.20 bits per heavy atom. The third-order valence-electron chi connectivity index (χ3n) is 2.07. The summed E-state index contributed by atoms with van der Waals surface area (Å²) in [6.45, 7) is 12.9. The quantitative estimate of drug-likeness (QED) is 0.457. The number of hydrogen-bond acceptors (Lipinski definition) is 3. The van der Waals surface area contributed by atoms with Gasteiger partial charge >= 0.3 is 5.97 Å². The van der Waals surface area contributed by atoms with E-state index >= 15 is 0 Å². The first-order valence-electron chi connectivity index (χ1n) is 5.66. The maximum Gasteiger partial charge on any atom is 0.333 e. The summed E-state index contributed by atoms with van der Waals surface area (Å²) in [5.74, 6) is -0.289. The van der Waals surface area contributed by atoms with Crippen molar-refractivity contribution in [1.82, 2.24) is 4.90 Å². The summed E-state index contributed by atoms with van der Waals surface area (Å²) in [5, 5.41) is 0. The van der Waals surface area contributed by atoms with Crippen LogP contribution >= 0.6 is 0 Å². The minimum Gasteiger partial charge on any atom is -0.461 e. The van der Waals surface area contributed by atoms with E-state index in [1.54, 1.807) is 6.92 Å². The van der Waals surface area contributed by atoms with E-state index in [0.717, 1.165) is 32.5 Å². The van der Waals surface area contributed by atoms with Gasteiger partial charge in [0.05, 0.1) is 0 Å². The lowest BCUT2D eigenvalue weighted by Crippen LogP contribution is -2.30. The molecular formula is C12H23NO2. The first kappa shape index (κ1) is 14.2. The first-order chi connectivity index (χ1) is 7.11. The summed E-state index contributed by atoms with van der Waals surface area (Å²) in [6, 6.07) is 0. The molecule has 0 aromatic rings. The van der Waals surface area contributed by atoms with Crippen LogP contribution in [0.4, 0.5) is 0 Å². The predicted molar refractivity (Wildman–Crippen MR) is 62.8 cm³/mol. The van der Waals surface area contributed by atoms with Gasteiger partial charge in [-0.15, -0.1) is 0 Å². The Labute approximate surface area is 93.1 Å². The fraction of sp³-hybridized carbons (Fsp3) is 0.750. The molecule has 0 rings (SSSR count). The summed E-state index contributed by atoms with van der Waals surface area (Å²) in [7, 11) is 0. The molecular weight excluding hydrogens is 190 g/mol. The Morgan fingerprint density at radius 2 is 1.73 bits per heavy atom. The molecule has 0 heterocycles. The summed E-state index contributed by atoms with van der Waals surface area (Å²) in [5.41, 5.74) is 0.465. The number of hydrogen-bond donors (Lipinski definition) is 0. The zero-order chi connectivity index (χ0) is 11.7. The fourth-order valence-corrected chi connectivity index (χ4v) is 1.36. The highest BCUT2D eigenvalue weighted by Crippen LogP contribution is 1.96. The van der Waals surface area contributed by atoms with Crippen LogP contribution in [0, 0.1) is 0 Å². The second-order valence-corrected chi connectivity index (χ2v) is 3.76. The fourth-order valence-electron chi connectivity index (χ4n) is 1.36. The van der Waals surface area contributed by atoms with E-state index in [1.807, 2.05) is 0 Å². The molecule has 0 aromatic heterocycles. The largest absolute Gasteiger partial charge is 0.461 e. The highest BCUT2D eigenvalue weighted by Gasteiger charge is 2.05. The van der Waals surface area contributed by atoms with Crippen molar-refractivity contribution in [3.05, 3.63) is 12.2 Å². The minimum atomic E-state index is -0.289. The van der Waals surface area contributed by atoms with Crippen LogP contribution in [-0.2, 0) is 9.53 Å². The smallest absolute Gasteiger partial charge is 0.333 e. The monoisotopic (exact) mass is 213 g/mol. The molecule has 0 aliphatic carbocycles. The van der Waals surface area contributed by atoms with Gasteiger partial charge in [-0.05, 0) is 32.9 Å². The van der Waals surface area contributed by atoms with Crippen molar-refractivity contribution in [2.24, 2.45) is 0 Å². The average molecular weight is 213 g/mol. The zero-order valence-corrected chi connectivity index (χ0v) is 10.2. The van der Waals surface area contributed by atoms with Crippen molar-refractivity contribution < 1.29 is 9.53 Å². The first-order valence-corrected chi connectivity index (χ1v) is 5.66. The Hall–Kier alpha value is -0.830. The molecule has 0 aliphatic rings. The van der Waals surface area contributed by atoms with Crippen LogP contribution in [-0.4, -0.2) is 37.1 Å². The molecule has 3 heteroatoms. The van der Waals surface area contributed by atoms with E-state index in [9.17, 15) is 4.79 Å². The lowest BCUT2D eigenvalue weighted by atomic mass is 10.3. The predicted octanol–water partition coefficient (Wildman–Crippen LogP) is 2.23. The summed E-state index contributed by atoms with van der Waals surface area (Å²) in [4.78, 5) is 13.4. The second-order valence-electron chi connectivity index (χ2n) is 3.76. The van der Waals surface area contributed by atoms with Crippen LogP contribution in [0.2, 0.25) is 0 Å². The average Bonchev–Trinajstić information content (AvgIpc) is 2.18. The third kappa shape index (κ3) is 7.14. The zero-order valence-electron chi connectivity index (χ0n) is 10.2. The number of rotatable bonds is 8. The van der Waals surface area contributed by atoms with E-state index in [0.29, 0.717) is 12.2 Å². The van der Waals surface area contributed by atoms with Crippen molar-refractivity contribution in [3.8, 4) is 0 Å². The molecule has 0 amide bonds. The van der Waals surface area contributed by atoms with E-state index in [1.165, 1.54) is 0 Å². The van der Waals surface area contributed by atoms with Gasteiger partial charge in [-0.1, -0.05) is 20.4 Å². The van der Waals surface area contributed by atoms with Gasteiger partial charge < -0.3 is 4.74 Å². The molecule has 0 saturated heterocycles. The normalized spacial score (nSPS) is 10.4. The second kappa shape index (κ2) is 8.48. The van der Waals surface area contributed by atoms with E-state index in [-0.39, 0.29) is 5.97 Å². The van der Waals surface area contributed by atoms with Gasteiger partial charge in [0.25, 0.3) is 0 Å². The van der Waals surface area contributed by atoms with Gasteiger partial charge in [0, 0.05) is 12.1 Å². The minimum absolute atomic E-state index is 0.289. The standard InChI is InChI=1S/C12H23NO2/c1-5-7-13(8-6-2)9-10-15-12(14)11(3)4/h3,5-10H2,1-2,4H3. The summed E-state index contributed by atoms with van der Waals surface area (Å²) in [6.07, 6.45) is 2.27. The molecule has 0 bridgehead atoms. The van der Waals surface area contributed by atoms with Crippen LogP contribution in [0.1, 0.15) is 33.6 Å². The molecule has 0 aromatic carbocycles. The molecule has 0 spiro atoms. The van der Waals surface area contributed by atoms with Crippen molar-refractivity contribution in [2.75, 3.05) is 26.2 Å². The van der Waals surface area contributed by atoms with E-state index in [2.05, 4.69) is 25.3 Å². The molecule has 3 nitrogen and oxygen atoms in total. The van der Waals surface area contributed by atoms with Gasteiger partial charge in [-0.25, -0.2) is 4.79 Å². The third-order valence-corrected chi connectivity index (χ3v) is 2.07. The van der Waals surface area contributed by atoms with E-state index in [4.69, 9.17) is 4.74 Å². The molecule has 0 aliphatic heterocycles. The number of carbonyl (C=O) groups is 1. The summed E-state index contributed by atoms with van der Waals surface area (Å²) < 4.78 is 5.05.